The standard InChI is InChI=1S/C14H24N2/c1-4-5-6-9-16(3)14-8-7-12(2)10-13(14)11-15/h7-8,10H,4-6,9,11,15H2,1-3H3. The topological polar surface area (TPSA) is 29.3 Å². The highest BCUT2D eigenvalue weighted by Gasteiger charge is 2.05. The van der Waals surface area contributed by atoms with E-state index in [9.17, 15) is 0 Å². The van der Waals surface area contributed by atoms with Crippen LogP contribution in [-0.2, 0) is 6.54 Å². The SMILES string of the molecule is CCCCCN(C)c1ccc(C)cc1CN. The Kier molecular flexibility index (Phi) is 5.33. The van der Waals surface area contributed by atoms with E-state index in [1.807, 2.05) is 0 Å². The molecule has 0 atom stereocenters. The number of nitrogens with zero attached hydrogens (tertiary/aromatic N) is 1. The Hall–Kier alpha value is -1.02. The van der Waals surface area contributed by atoms with Gasteiger partial charge in [-0.15, -0.1) is 0 Å². The van der Waals surface area contributed by atoms with E-state index in [1.54, 1.807) is 0 Å². The first-order valence-corrected chi connectivity index (χ1v) is 6.19. The molecule has 0 fully saturated rings. The van der Waals surface area contributed by atoms with E-state index in [2.05, 4.69) is 44.0 Å². The molecule has 90 valence electrons. The number of aryl methyl sites for hydroxylation is 1. The zero-order chi connectivity index (χ0) is 12.0. The fraction of sp³-hybridized carbons (Fsp3) is 0.571. The lowest BCUT2D eigenvalue weighted by atomic mass is 10.1. The van der Waals surface area contributed by atoms with Gasteiger partial charge in [0.15, 0.2) is 0 Å². The van der Waals surface area contributed by atoms with Crippen molar-refractivity contribution in [1.29, 1.82) is 0 Å². The molecule has 1 aromatic carbocycles. The number of hydrogen-bond donors (Lipinski definition) is 1. The molecule has 0 saturated carbocycles. The largest absolute Gasteiger partial charge is 0.374 e. The molecule has 0 aliphatic heterocycles. The highest BCUT2D eigenvalue weighted by molar-refractivity contribution is 5.54. The van der Waals surface area contributed by atoms with Gasteiger partial charge in [-0.2, -0.15) is 0 Å². The average molecular weight is 220 g/mol. The predicted molar refractivity (Wildman–Crippen MR) is 71.9 cm³/mol. The minimum Gasteiger partial charge on any atom is -0.374 e. The molecule has 0 heterocycles. The van der Waals surface area contributed by atoms with Crippen molar-refractivity contribution >= 4 is 5.69 Å². The van der Waals surface area contributed by atoms with Crippen LogP contribution in [0.2, 0.25) is 0 Å². The zero-order valence-electron chi connectivity index (χ0n) is 10.8. The molecule has 16 heavy (non-hydrogen) atoms. The van der Waals surface area contributed by atoms with Gasteiger partial charge in [0.05, 0.1) is 0 Å². The van der Waals surface area contributed by atoms with Gasteiger partial charge in [-0.05, 0) is 25.0 Å². The fourth-order valence-electron chi connectivity index (χ4n) is 1.97. The molecular formula is C14H24N2. The van der Waals surface area contributed by atoms with E-state index in [-0.39, 0.29) is 0 Å². The van der Waals surface area contributed by atoms with E-state index in [0.717, 1.165) is 6.54 Å². The van der Waals surface area contributed by atoms with Crippen molar-refractivity contribution in [2.45, 2.75) is 39.7 Å². The maximum absolute atomic E-state index is 5.79. The average Bonchev–Trinajstić information content (AvgIpc) is 2.29. The molecule has 0 saturated heterocycles. The molecule has 2 N–H and O–H groups in total. The van der Waals surface area contributed by atoms with Crippen molar-refractivity contribution in [1.82, 2.24) is 0 Å². The molecule has 0 radical (unpaired) electrons. The Labute approximate surface area is 99.5 Å². The van der Waals surface area contributed by atoms with Crippen LogP contribution < -0.4 is 10.6 Å². The Morgan fingerprint density at radius 3 is 2.62 bits per heavy atom. The number of unbranched alkanes of at least 4 members (excludes halogenated alkanes) is 2. The maximum Gasteiger partial charge on any atom is 0.0409 e. The third-order valence-corrected chi connectivity index (χ3v) is 2.96. The van der Waals surface area contributed by atoms with Gasteiger partial charge in [0.1, 0.15) is 0 Å². The summed E-state index contributed by atoms with van der Waals surface area (Å²) in [5.74, 6) is 0. The minimum atomic E-state index is 0.620. The first-order valence-electron chi connectivity index (χ1n) is 6.19. The van der Waals surface area contributed by atoms with Gasteiger partial charge in [-0.25, -0.2) is 0 Å². The molecule has 0 spiro atoms. The molecule has 0 unspecified atom stereocenters. The Morgan fingerprint density at radius 2 is 2.00 bits per heavy atom. The first kappa shape index (κ1) is 13.0. The van der Waals surface area contributed by atoms with E-state index in [0.29, 0.717) is 6.54 Å². The third kappa shape index (κ3) is 3.53. The molecule has 0 aliphatic rings. The second-order valence-electron chi connectivity index (χ2n) is 4.46. The summed E-state index contributed by atoms with van der Waals surface area (Å²) >= 11 is 0. The van der Waals surface area contributed by atoms with Crippen LogP contribution in [0.4, 0.5) is 5.69 Å². The Bertz CT molecular complexity index is 321. The molecule has 0 aliphatic carbocycles. The highest BCUT2D eigenvalue weighted by atomic mass is 15.1. The number of hydrogen-bond acceptors (Lipinski definition) is 2. The summed E-state index contributed by atoms with van der Waals surface area (Å²) in [6, 6.07) is 6.53. The summed E-state index contributed by atoms with van der Waals surface area (Å²) in [6.07, 6.45) is 3.82. The predicted octanol–water partition coefficient (Wildman–Crippen LogP) is 3.08. The Balaban J connectivity index is 2.70. The van der Waals surface area contributed by atoms with Crippen LogP contribution in [0.1, 0.15) is 37.3 Å². The van der Waals surface area contributed by atoms with Crippen molar-refractivity contribution in [3.05, 3.63) is 29.3 Å². The summed E-state index contributed by atoms with van der Waals surface area (Å²) < 4.78 is 0. The Morgan fingerprint density at radius 1 is 1.25 bits per heavy atom. The van der Waals surface area contributed by atoms with E-state index >= 15 is 0 Å². The summed E-state index contributed by atoms with van der Waals surface area (Å²) in [5.41, 5.74) is 9.60. The summed E-state index contributed by atoms with van der Waals surface area (Å²) in [6.45, 7) is 6.08. The van der Waals surface area contributed by atoms with Crippen molar-refractivity contribution in [3.8, 4) is 0 Å². The van der Waals surface area contributed by atoms with Crippen molar-refractivity contribution in [2.75, 3.05) is 18.5 Å². The first-order chi connectivity index (χ1) is 7.69. The molecular weight excluding hydrogens is 196 g/mol. The van der Waals surface area contributed by atoms with Crippen molar-refractivity contribution in [3.63, 3.8) is 0 Å². The van der Waals surface area contributed by atoms with Gasteiger partial charge >= 0.3 is 0 Å². The smallest absolute Gasteiger partial charge is 0.0409 e. The van der Waals surface area contributed by atoms with Crippen LogP contribution in [0.3, 0.4) is 0 Å². The summed E-state index contributed by atoms with van der Waals surface area (Å²) in [4.78, 5) is 2.32. The monoisotopic (exact) mass is 220 g/mol. The highest BCUT2D eigenvalue weighted by Crippen LogP contribution is 2.20. The molecule has 0 aromatic heterocycles. The van der Waals surface area contributed by atoms with Crippen LogP contribution in [0.15, 0.2) is 18.2 Å². The van der Waals surface area contributed by atoms with Crippen molar-refractivity contribution in [2.24, 2.45) is 5.73 Å². The van der Waals surface area contributed by atoms with Crippen LogP contribution in [0, 0.1) is 6.92 Å². The number of nitrogens with two attached hydrogens (primary N) is 1. The van der Waals surface area contributed by atoms with Gasteiger partial charge in [-0.1, -0.05) is 37.5 Å². The maximum atomic E-state index is 5.79. The molecule has 0 amide bonds. The molecule has 2 nitrogen and oxygen atoms in total. The normalized spacial score (nSPS) is 10.5. The lowest BCUT2D eigenvalue weighted by Crippen LogP contribution is -2.20. The van der Waals surface area contributed by atoms with E-state index in [4.69, 9.17) is 5.73 Å². The van der Waals surface area contributed by atoms with Gasteiger partial charge in [0.2, 0.25) is 0 Å². The second-order valence-corrected chi connectivity index (χ2v) is 4.46. The number of rotatable bonds is 6. The summed E-state index contributed by atoms with van der Waals surface area (Å²) in [7, 11) is 2.15. The van der Waals surface area contributed by atoms with Crippen molar-refractivity contribution < 1.29 is 0 Å². The van der Waals surface area contributed by atoms with Gasteiger partial charge in [0.25, 0.3) is 0 Å². The summed E-state index contributed by atoms with van der Waals surface area (Å²) in [5, 5.41) is 0. The van der Waals surface area contributed by atoms with Crippen LogP contribution in [0.5, 0.6) is 0 Å². The second kappa shape index (κ2) is 6.54. The van der Waals surface area contributed by atoms with Gasteiger partial charge in [-0.3, -0.25) is 0 Å². The zero-order valence-corrected chi connectivity index (χ0v) is 10.8. The van der Waals surface area contributed by atoms with E-state index in [1.165, 1.54) is 36.1 Å². The molecule has 1 aromatic rings. The van der Waals surface area contributed by atoms with E-state index < -0.39 is 0 Å². The quantitative estimate of drug-likeness (QED) is 0.746. The van der Waals surface area contributed by atoms with Gasteiger partial charge < -0.3 is 10.6 Å². The fourth-order valence-corrected chi connectivity index (χ4v) is 1.97. The lowest BCUT2D eigenvalue weighted by Gasteiger charge is -2.22. The number of anilines is 1. The van der Waals surface area contributed by atoms with Crippen LogP contribution in [0.25, 0.3) is 0 Å². The molecule has 1 rings (SSSR count). The molecule has 2 heteroatoms. The van der Waals surface area contributed by atoms with Crippen LogP contribution in [-0.4, -0.2) is 13.6 Å². The lowest BCUT2D eigenvalue weighted by molar-refractivity contribution is 0.703. The van der Waals surface area contributed by atoms with Gasteiger partial charge in [0, 0.05) is 25.8 Å². The minimum absolute atomic E-state index is 0.620. The third-order valence-electron chi connectivity index (χ3n) is 2.96. The molecule has 0 bridgehead atoms. The van der Waals surface area contributed by atoms with Crippen LogP contribution >= 0.6 is 0 Å². The number of benzene rings is 1.